The maximum atomic E-state index is 13.3. The molecule has 9 heteroatoms. The molecule has 2 aromatic rings. The molecule has 0 saturated carbocycles. The first kappa shape index (κ1) is 27.0. The SMILES string of the molecule is C=CCOC(=O)C(CC(=O)c1ccc(Br)cc1)(Cc1cccc(C(F)(F)F)c1)C(=O)OCC=C. The molecule has 0 saturated heterocycles. The highest BCUT2D eigenvalue weighted by Crippen LogP contribution is 2.35. The van der Waals surface area contributed by atoms with Gasteiger partial charge >= 0.3 is 18.1 Å². The van der Waals surface area contributed by atoms with Gasteiger partial charge in [-0.15, -0.1) is 0 Å². The molecule has 0 atom stereocenters. The second-order valence-corrected chi connectivity index (χ2v) is 8.25. The van der Waals surface area contributed by atoms with Crippen LogP contribution in [0.15, 0.2) is 78.3 Å². The van der Waals surface area contributed by atoms with E-state index in [0.29, 0.717) is 4.47 Å². The van der Waals surface area contributed by atoms with Gasteiger partial charge in [0.25, 0.3) is 0 Å². The monoisotopic (exact) mass is 538 g/mol. The van der Waals surface area contributed by atoms with E-state index in [1.54, 1.807) is 12.1 Å². The number of benzene rings is 2. The number of rotatable bonds is 11. The fourth-order valence-corrected chi connectivity index (χ4v) is 3.46. The standard InChI is InChI=1S/C25H22BrF3O5/c1-3-12-33-22(31)24(23(32)34-13-4-2,16-21(30)18-8-10-20(26)11-9-18)15-17-6-5-7-19(14-17)25(27,28)29/h3-11,14H,1-2,12-13,15-16H2. The summed E-state index contributed by atoms with van der Waals surface area (Å²) in [5, 5.41) is 0. The number of alkyl halides is 3. The normalized spacial score (nSPS) is 11.4. The van der Waals surface area contributed by atoms with Crippen molar-refractivity contribution in [3.8, 4) is 0 Å². The molecule has 0 N–H and O–H groups in total. The van der Waals surface area contributed by atoms with Gasteiger partial charge in [0.2, 0.25) is 0 Å². The number of hydrogen-bond acceptors (Lipinski definition) is 5. The highest BCUT2D eigenvalue weighted by Gasteiger charge is 2.51. The Kier molecular flexibility index (Phi) is 9.37. The summed E-state index contributed by atoms with van der Waals surface area (Å²) in [4.78, 5) is 39.4. The molecule has 0 spiro atoms. The molecule has 2 aromatic carbocycles. The maximum Gasteiger partial charge on any atom is 0.416 e. The van der Waals surface area contributed by atoms with E-state index >= 15 is 0 Å². The first-order valence-electron chi connectivity index (χ1n) is 10.0. The Morgan fingerprint density at radius 2 is 1.47 bits per heavy atom. The van der Waals surface area contributed by atoms with E-state index < -0.39 is 47.7 Å². The largest absolute Gasteiger partial charge is 0.461 e. The molecule has 34 heavy (non-hydrogen) atoms. The Balaban J connectivity index is 2.58. The predicted molar refractivity (Wildman–Crippen MR) is 123 cm³/mol. The third-order valence-electron chi connectivity index (χ3n) is 4.83. The summed E-state index contributed by atoms with van der Waals surface area (Å²) in [5.41, 5.74) is -2.99. The number of Topliss-reactive ketones (excluding diaryl/α,β-unsaturated/α-hetero) is 1. The van der Waals surface area contributed by atoms with Crippen LogP contribution in [0, 0.1) is 5.41 Å². The number of esters is 2. The third-order valence-corrected chi connectivity index (χ3v) is 5.36. The zero-order chi connectivity index (χ0) is 25.4. The number of hydrogen-bond donors (Lipinski definition) is 0. The van der Waals surface area contributed by atoms with Gasteiger partial charge in [0.15, 0.2) is 11.2 Å². The van der Waals surface area contributed by atoms with Crippen molar-refractivity contribution < 1.29 is 37.0 Å². The smallest absolute Gasteiger partial charge is 0.416 e. The average Bonchev–Trinajstić information content (AvgIpc) is 2.80. The number of ether oxygens (including phenoxy) is 2. The van der Waals surface area contributed by atoms with E-state index in [-0.39, 0.29) is 24.3 Å². The lowest BCUT2D eigenvalue weighted by Gasteiger charge is -2.29. The fourth-order valence-electron chi connectivity index (χ4n) is 3.20. The van der Waals surface area contributed by atoms with Crippen LogP contribution in [0.1, 0.15) is 27.9 Å². The van der Waals surface area contributed by atoms with Gasteiger partial charge in [-0.1, -0.05) is 71.6 Å². The Labute approximate surface area is 203 Å². The Morgan fingerprint density at radius 3 is 1.97 bits per heavy atom. The quantitative estimate of drug-likeness (QED) is 0.158. The van der Waals surface area contributed by atoms with Crippen molar-refractivity contribution in [2.45, 2.75) is 19.0 Å². The molecular weight excluding hydrogens is 517 g/mol. The van der Waals surface area contributed by atoms with Crippen molar-refractivity contribution in [1.82, 2.24) is 0 Å². The van der Waals surface area contributed by atoms with Crippen LogP contribution in [-0.4, -0.2) is 30.9 Å². The van der Waals surface area contributed by atoms with E-state index in [4.69, 9.17) is 9.47 Å². The second kappa shape index (κ2) is 11.8. The van der Waals surface area contributed by atoms with E-state index in [9.17, 15) is 27.6 Å². The maximum absolute atomic E-state index is 13.3. The minimum absolute atomic E-state index is 0.00420. The van der Waals surface area contributed by atoms with Crippen LogP contribution < -0.4 is 0 Å². The van der Waals surface area contributed by atoms with Crippen molar-refractivity contribution >= 4 is 33.7 Å². The van der Waals surface area contributed by atoms with Gasteiger partial charge in [0, 0.05) is 16.5 Å². The lowest BCUT2D eigenvalue weighted by atomic mass is 9.76. The van der Waals surface area contributed by atoms with Crippen molar-refractivity contribution in [1.29, 1.82) is 0 Å². The van der Waals surface area contributed by atoms with Crippen LogP contribution in [0.4, 0.5) is 13.2 Å². The van der Waals surface area contributed by atoms with Crippen molar-refractivity contribution in [3.05, 3.63) is 95.0 Å². The summed E-state index contributed by atoms with van der Waals surface area (Å²) < 4.78 is 50.7. The first-order chi connectivity index (χ1) is 16.0. The number of ketones is 1. The van der Waals surface area contributed by atoms with E-state index in [2.05, 4.69) is 29.1 Å². The number of carbonyl (C=O) groups excluding carboxylic acids is 3. The van der Waals surface area contributed by atoms with Crippen LogP contribution in [0.3, 0.4) is 0 Å². The minimum atomic E-state index is -4.64. The molecule has 0 radical (unpaired) electrons. The van der Waals surface area contributed by atoms with Crippen molar-refractivity contribution in [3.63, 3.8) is 0 Å². The fraction of sp³-hybridized carbons (Fsp3) is 0.240. The minimum Gasteiger partial charge on any atom is -0.461 e. The highest BCUT2D eigenvalue weighted by atomic mass is 79.9. The summed E-state index contributed by atoms with van der Waals surface area (Å²) in [6.07, 6.45) is -3.35. The molecular formula is C25H22BrF3O5. The highest BCUT2D eigenvalue weighted by molar-refractivity contribution is 9.10. The first-order valence-corrected chi connectivity index (χ1v) is 10.8. The molecule has 0 heterocycles. The zero-order valence-electron chi connectivity index (χ0n) is 18.1. The Hall–Kier alpha value is -3.20. The van der Waals surface area contributed by atoms with Gasteiger partial charge in [-0.25, -0.2) is 0 Å². The molecule has 0 fully saturated rings. The molecule has 0 amide bonds. The molecule has 0 unspecified atom stereocenters. The summed E-state index contributed by atoms with van der Waals surface area (Å²) in [6, 6.07) is 10.4. The van der Waals surface area contributed by atoms with Crippen LogP contribution in [-0.2, 0) is 31.7 Å². The molecule has 5 nitrogen and oxygen atoms in total. The van der Waals surface area contributed by atoms with E-state index in [1.165, 1.54) is 30.4 Å². The van der Waals surface area contributed by atoms with Crippen LogP contribution in [0.5, 0.6) is 0 Å². The molecule has 0 bridgehead atoms. The summed E-state index contributed by atoms with van der Waals surface area (Å²) in [6.45, 7) is 6.34. The van der Waals surface area contributed by atoms with E-state index in [0.717, 1.165) is 18.2 Å². The lowest BCUT2D eigenvalue weighted by molar-refractivity contribution is -0.171. The molecule has 0 aliphatic heterocycles. The van der Waals surface area contributed by atoms with Gasteiger partial charge in [-0.2, -0.15) is 13.2 Å². The lowest BCUT2D eigenvalue weighted by Crippen LogP contribution is -2.45. The van der Waals surface area contributed by atoms with Crippen molar-refractivity contribution in [2.75, 3.05) is 13.2 Å². The molecule has 2 rings (SSSR count). The Morgan fingerprint density at radius 1 is 0.912 bits per heavy atom. The summed E-state index contributed by atoms with van der Waals surface area (Å²) in [5.74, 6) is -2.81. The van der Waals surface area contributed by atoms with Gasteiger partial charge in [0.05, 0.1) is 5.56 Å². The average molecular weight is 539 g/mol. The topological polar surface area (TPSA) is 69.7 Å². The molecule has 0 aliphatic carbocycles. The van der Waals surface area contributed by atoms with Crippen LogP contribution in [0.25, 0.3) is 0 Å². The summed E-state index contributed by atoms with van der Waals surface area (Å²) >= 11 is 3.26. The van der Waals surface area contributed by atoms with Gasteiger partial charge < -0.3 is 9.47 Å². The third kappa shape index (κ3) is 6.90. The van der Waals surface area contributed by atoms with Gasteiger partial charge in [-0.05, 0) is 30.2 Å². The van der Waals surface area contributed by atoms with Gasteiger partial charge in [0.1, 0.15) is 13.2 Å². The second-order valence-electron chi connectivity index (χ2n) is 7.34. The summed E-state index contributed by atoms with van der Waals surface area (Å²) in [7, 11) is 0. The van der Waals surface area contributed by atoms with Gasteiger partial charge in [-0.3, -0.25) is 14.4 Å². The molecule has 0 aliphatic rings. The Bertz CT molecular complexity index is 1040. The number of halogens is 4. The van der Waals surface area contributed by atoms with Crippen LogP contribution in [0.2, 0.25) is 0 Å². The van der Waals surface area contributed by atoms with E-state index in [1.807, 2.05) is 0 Å². The van der Waals surface area contributed by atoms with Crippen LogP contribution >= 0.6 is 15.9 Å². The predicted octanol–water partition coefficient (Wildman–Crippen LogP) is 5.73. The molecule has 0 aromatic heterocycles. The molecule has 180 valence electrons. The zero-order valence-corrected chi connectivity index (χ0v) is 19.7. The number of carbonyl (C=O) groups is 3. The van der Waals surface area contributed by atoms with Crippen molar-refractivity contribution in [2.24, 2.45) is 5.41 Å².